The first-order valence-corrected chi connectivity index (χ1v) is 8.39. The largest absolute Gasteiger partial charge is 0.372 e. The van der Waals surface area contributed by atoms with Gasteiger partial charge in [0.05, 0.1) is 12.7 Å². The van der Waals surface area contributed by atoms with E-state index in [0.717, 1.165) is 17.8 Å². The molecule has 7 heteroatoms. The van der Waals surface area contributed by atoms with Crippen LogP contribution in [0.3, 0.4) is 0 Å². The summed E-state index contributed by atoms with van der Waals surface area (Å²) in [6.45, 7) is 3.24. The predicted molar refractivity (Wildman–Crippen MR) is 84.8 cm³/mol. The molecule has 0 unspecified atom stereocenters. The Balaban J connectivity index is 1.58. The van der Waals surface area contributed by atoms with Crippen LogP contribution in [0, 0.1) is 12.7 Å². The maximum Gasteiger partial charge on any atom is 0.284 e. The molecule has 3 rings (SSSR count). The number of carbonyl (C=O) groups is 1. The highest BCUT2D eigenvalue weighted by Crippen LogP contribution is 2.19. The third-order valence-corrected chi connectivity index (χ3v) is 4.63. The Morgan fingerprint density at radius 3 is 3.00 bits per heavy atom. The summed E-state index contributed by atoms with van der Waals surface area (Å²) in [5.74, 6) is -0.365. The maximum absolute atomic E-state index is 13.6. The second-order valence-corrected chi connectivity index (χ2v) is 6.73. The average Bonchev–Trinajstić information content (AvgIpc) is 3.00. The molecule has 1 fully saturated rings. The molecule has 1 saturated heterocycles. The predicted octanol–water partition coefficient (Wildman–Crippen LogP) is 2.81. The van der Waals surface area contributed by atoms with E-state index in [4.69, 9.17) is 4.74 Å². The second-order valence-electron chi connectivity index (χ2n) is 5.54. The standard InChI is InChI=1S/C16H18FN3O2S/c1-11-18-19-15(23-11)16(21)20-8-4-6-13(9-20)22-10-12-5-2-3-7-14(12)17/h2-3,5,7,13H,4,6,8-10H2,1H3/t13-/m0/s1. The van der Waals surface area contributed by atoms with Gasteiger partial charge in [0.1, 0.15) is 10.8 Å². The summed E-state index contributed by atoms with van der Waals surface area (Å²) in [5, 5.41) is 8.98. The zero-order valence-electron chi connectivity index (χ0n) is 12.9. The van der Waals surface area contributed by atoms with Gasteiger partial charge in [0.25, 0.3) is 5.91 Å². The number of aromatic nitrogens is 2. The molecule has 122 valence electrons. The van der Waals surface area contributed by atoms with Crippen LogP contribution in [-0.4, -0.2) is 40.2 Å². The highest BCUT2D eigenvalue weighted by Gasteiger charge is 2.27. The monoisotopic (exact) mass is 335 g/mol. The van der Waals surface area contributed by atoms with Gasteiger partial charge < -0.3 is 9.64 Å². The molecule has 0 spiro atoms. The highest BCUT2D eigenvalue weighted by atomic mass is 32.1. The quantitative estimate of drug-likeness (QED) is 0.862. The second kappa shape index (κ2) is 7.14. The van der Waals surface area contributed by atoms with E-state index in [9.17, 15) is 9.18 Å². The Kier molecular flexibility index (Phi) is 4.97. The van der Waals surface area contributed by atoms with E-state index in [-0.39, 0.29) is 24.4 Å². The fourth-order valence-corrected chi connectivity index (χ4v) is 3.26. The summed E-state index contributed by atoms with van der Waals surface area (Å²) in [7, 11) is 0. The first kappa shape index (κ1) is 16.0. The van der Waals surface area contributed by atoms with E-state index in [2.05, 4.69) is 10.2 Å². The number of carbonyl (C=O) groups excluding carboxylic acids is 1. The number of benzene rings is 1. The molecule has 1 aromatic carbocycles. The Morgan fingerprint density at radius 2 is 2.26 bits per heavy atom. The number of rotatable bonds is 4. The van der Waals surface area contributed by atoms with E-state index >= 15 is 0 Å². The lowest BCUT2D eigenvalue weighted by Crippen LogP contribution is -2.43. The molecule has 1 aliphatic rings. The van der Waals surface area contributed by atoms with E-state index < -0.39 is 0 Å². The lowest BCUT2D eigenvalue weighted by molar-refractivity contribution is -0.00764. The van der Waals surface area contributed by atoms with E-state index in [1.807, 2.05) is 6.92 Å². The van der Waals surface area contributed by atoms with Crippen LogP contribution in [-0.2, 0) is 11.3 Å². The number of piperidine rings is 1. The van der Waals surface area contributed by atoms with Crippen LogP contribution in [0.4, 0.5) is 4.39 Å². The van der Waals surface area contributed by atoms with Crippen LogP contribution in [0.2, 0.25) is 0 Å². The van der Waals surface area contributed by atoms with Crippen LogP contribution >= 0.6 is 11.3 Å². The summed E-state index contributed by atoms with van der Waals surface area (Å²) >= 11 is 1.30. The maximum atomic E-state index is 13.6. The van der Waals surface area contributed by atoms with Crippen molar-refractivity contribution in [1.29, 1.82) is 0 Å². The minimum absolute atomic E-state index is 0.0821. The third-order valence-electron chi connectivity index (χ3n) is 3.81. The van der Waals surface area contributed by atoms with Gasteiger partial charge in [0.2, 0.25) is 5.01 Å². The van der Waals surface area contributed by atoms with Crippen molar-refractivity contribution in [2.24, 2.45) is 0 Å². The molecule has 0 saturated carbocycles. The van der Waals surface area contributed by atoms with Crippen LogP contribution < -0.4 is 0 Å². The molecule has 23 heavy (non-hydrogen) atoms. The van der Waals surface area contributed by atoms with Crippen molar-refractivity contribution in [3.8, 4) is 0 Å². The topological polar surface area (TPSA) is 55.3 Å². The number of hydrogen-bond acceptors (Lipinski definition) is 5. The Hall–Kier alpha value is -1.86. The van der Waals surface area contributed by atoms with Crippen molar-refractivity contribution in [2.75, 3.05) is 13.1 Å². The normalized spacial score (nSPS) is 18.2. The summed E-state index contributed by atoms with van der Waals surface area (Å²) in [4.78, 5) is 14.2. The Morgan fingerprint density at radius 1 is 1.43 bits per heavy atom. The molecule has 1 atom stereocenters. The number of nitrogens with zero attached hydrogens (tertiary/aromatic N) is 3. The van der Waals surface area contributed by atoms with Crippen LogP contribution in [0.25, 0.3) is 0 Å². The molecular weight excluding hydrogens is 317 g/mol. The van der Waals surface area contributed by atoms with Crippen molar-refractivity contribution in [2.45, 2.75) is 32.5 Å². The molecule has 1 amide bonds. The Labute approximate surface area is 138 Å². The van der Waals surface area contributed by atoms with Crippen LogP contribution in [0.5, 0.6) is 0 Å². The van der Waals surface area contributed by atoms with Crippen molar-refractivity contribution in [1.82, 2.24) is 15.1 Å². The molecule has 0 radical (unpaired) electrons. The highest BCUT2D eigenvalue weighted by molar-refractivity contribution is 7.13. The molecule has 2 heterocycles. The summed E-state index contributed by atoms with van der Waals surface area (Å²) in [6, 6.07) is 6.58. The van der Waals surface area contributed by atoms with Crippen molar-refractivity contribution >= 4 is 17.2 Å². The van der Waals surface area contributed by atoms with Crippen molar-refractivity contribution < 1.29 is 13.9 Å². The fourth-order valence-electron chi connectivity index (χ4n) is 2.60. The zero-order valence-corrected chi connectivity index (χ0v) is 13.7. The fraction of sp³-hybridized carbons (Fsp3) is 0.438. The lowest BCUT2D eigenvalue weighted by Gasteiger charge is -2.32. The third kappa shape index (κ3) is 3.92. The number of ether oxygens (including phenoxy) is 1. The van der Waals surface area contributed by atoms with Gasteiger partial charge in [-0.15, -0.1) is 10.2 Å². The smallest absolute Gasteiger partial charge is 0.284 e. The van der Waals surface area contributed by atoms with Gasteiger partial charge in [-0.1, -0.05) is 29.5 Å². The van der Waals surface area contributed by atoms with E-state index in [1.165, 1.54) is 17.4 Å². The van der Waals surface area contributed by atoms with Gasteiger partial charge in [0, 0.05) is 18.7 Å². The number of amides is 1. The first-order valence-electron chi connectivity index (χ1n) is 7.58. The van der Waals surface area contributed by atoms with E-state index in [1.54, 1.807) is 23.1 Å². The summed E-state index contributed by atoms with van der Waals surface area (Å²) < 4.78 is 19.4. The molecule has 1 aliphatic heterocycles. The average molecular weight is 335 g/mol. The number of likely N-dealkylation sites (tertiary alicyclic amines) is 1. The summed E-state index contributed by atoms with van der Waals surface area (Å²) in [5.41, 5.74) is 0.538. The molecule has 2 aromatic rings. The van der Waals surface area contributed by atoms with Crippen LogP contribution in [0.15, 0.2) is 24.3 Å². The molecule has 0 N–H and O–H groups in total. The minimum atomic E-state index is -0.263. The first-order chi connectivity index (χ1) is 11.1. The van der Waals surface area contributed by atoms with Gasteiger partial charge in [-0.05, 0) is 25.8 Å². The molecule has 0 bridgehead atoms. The number of hydrogen-bond donors (Lipinski definition) is 0. The SMILES string of the molecule is Cc1nnc(C(=O)N2CCC[C@H](OCc3ccccc3F)C2)s1. The van der Waals surface area contributed by atoms with Crippen LogP contribution in [0.1, 0.15) is 33.2 Å². The lowest BCUT2D eigenvalue weighted by atomic mass is 10.1. The molecule has 0 aliphatic carbocycles. The van der Waals surface area contributed by atoms with Crippen molar-refractivity contribution in [3.63, 3.8) is 0 Å². The molecule has 1 aromatic heterocycles. The number of halogens is 1. The molecular formula is C16H18FN3O2S. The Bertz CT molecular complexity index is 691. The van der Waals surface area contributed by atoms with Gasteiger partial charge in [0.15, 0.2) is 0 Å². The number of aryl methyl sites for hydroxylation is 1. The van der Waals surface area contributed by atoms with Gasteiger partial charge >= 0.3 is 0 Å². The summed E-state index contributed by atoms with van der Waals surface area (Å²) in [6.07, 6.45) is 1.65. The molecule has 5 nitrogen and oxygen atoms in total. The zero-order chi connectivity index (χ0) is 16.2. The minimum Gasteiger partial charge on any atom is -0.372 e. The van der Waals surface area contributed by atoms with Gasteiger partial charge in [-0.3, -0.25) is 4.79 Å². The van der Waals surface area contributed by atoms with Crippen molar-refractivity contribution in [3.05, 3.63) is 45.7 Å². The van der Waals surface area contributed by atoms with E-state index in [0.29, 0.717) is 23.7 Å². The van der Waals surface area contributed by atoms with Gasteiger partial charge in [-0.2, -0.15) is 0 Å². The van der Waals surface area contributed by atoms with Gasteiger partial charge in [-0.25, -0.2) is 4.39 Å².